The van der Waals surface area contributed by atoms with Gasteiger partial charge in [0.05, 0.1) is 6.61 Å². The van der Waals surface area contributed by atoms with Crippen LogP contribution in [0.15, 0.2) is 29.3 Å². The van der Waals surface area contributed by atoms with E-state index in [1.165, 1.54) is 6.07 Å². The Labute approximate surface area is 181 Å². The summed E-state index contributed by atoms with van der Waals surface area (Å²) >= 11 is 0. The molecule has 3 atom stereocenters. The van der Waals surface area contributed by atoms with E-state index in [-0.39, 0.29) is 17.7 Å². The van der Waals surface area contributed by atoms with Crippen molar-refractivity contribution in [3.05, 3.63) is 29.8 Å². The van der Waals surface area contributed by atoms with Crippen LogP contribution >= 0.6 is 0 Å². The number of halogens is 3. The minimum absolute atomic E-state index is 0.0208. The van der Waals surface area contributed by atoms with E-state index >= 15 is 0 Å². The van der Waals surface area contributed by atoms with Crippen LogP contribution in [-0.2, 0) is 4.74 Å². The SMILES string of the molecule is CN=C(NC1CCN(CC2CCOC2)CC1)NC1CC1c1ccccc1OC(F)(F)F. The lowest BCUT2D eigenvalue weighted by molar-refractivity contribution is -0.274. The number of hydrogen-bond donors (Lipinski definition) is 2. The summed E-state index contributed by atoms with van der Waals surface area (Å²) in [5.74, 6) is 1.24. The standard InChI is InChI=1S/C22H31F3N4O2/c1-26-21(27-16-6-9-29(10-7-16)13-15-8-11-30-14-15)28-19-12-18(19)17-4-2-3-5-20(17)31-22(23,24)25/h2-5,15-16,18-19H,6-14H2,1H3,(H2,26,27,28). The van der Waals surface area contributed by atoms with E-state index in [1.807, 2.05) is 0 Å². The van der Waals surface area contributed by atoms with Gasteiger partial charge < -0.3 is 25.0 Å². The maximum atomic E-state index is 12.7. The van der Waals surface area contributed by atoms with Crippen LogP contribution in [0.5, 0.6) is 5.75 Å². The lowest BCUT2D eigenvalue weighted by atomic mass is 10.0. The molecule has 4 rings (SSSR count). The normalized spacial score (nSPS) is 27.9. The summed E-state index contributed by atoms with van der Waals surface area (Å²) in [6, 6.07) is 6.77. The topological polar surface area (TPSA) is 58.1 Å². The van der Waals surface area contributed by atoms with Crippen LogP contribution in [0.4, 0.5) is 13.2 Å². The van der Waals surface area contributed by atoms with Crippen molar-refractivity contribution in [2.75, 3.05) is 39.9 Å². The maximum Gasteiger partial charge on any atom is 0.573 e. The van der Waals surface area contributed by atoms with Gasteiger partial charge in [-0.15, -0.1) is 13.2 Å². The molecule has 2 N–H and O–H groups in total. The molecule has 0 bridgehead atoms. The second kappa shape index (κ2) is 9.65. The Balaban J connectivity index is 1.24. The first kappa shape index (κ1) is 22.2. The molecular formula is C22H31F3N4O2. The Morgan fingerprint density at radius 3 is 2.65 bits per heavy atom. The molecule has 1 aromatic carbocycles. The van der Waals surface area contributed by atoms with Gasteiger partial charge >= 0.3 is 6.36 Å². The van der Waals surface area contributed by atoms with E-state index in [0.29, 0.717) is 23.5 Å². The summed E-state index contributed by atoms with van der Waals surface area (Å²) in [4.78, 5) is 6.84. The van der Waals surface area contributed by atoms with Gasteiger partial charge in [0, 0.05) is 51.3 Å². The molecule has 1 saturated carbocycles. The fourth-order valence-electron chi connectivity index (χ4n) is 4.59. The van der Waals surface area contributed by atoms with E-state index < -0.39 is 6.36 Å². The molecule has 2 heterocycles. The van der Waals surface area contributed by atoms with Crippen LogP contribution in [-0.4, -0.2) is 69.2 Å². The number of rotatable bonds is 6. The zero-order chi connectivity index (χ0) is 21.8. The number of nitrogens with zero attached hydrogens (tertiary/aromatic N) is 2. The quantitative estimate of drug-likeness (QED) is 0.526. The minimum atomic E-state index is -4.69. The average Bonchev–Trinajstić information content (AvgIpc) is 3.29. The van der Waals surface area contributed by atoms with Gasteiger partial charge in [0.2, 0.25) is 0 Å². The van der Waals surface area contributed by atoms with Crippen LogP contribution < -0.4 is 15.4 Å². The smallest absolute Gasteiger partial charge is 0.405 e. The first-order valence-corrected chi connectivity index (χ1v) is 11.1. The summed E-state index contributed by atoms with van der Waals surface area (Å²) in [5, 5.41) is 6.86. The molecule has 31 heavy (non-hydrogen) atoms. The molecule has 2 aliphatic heterocycles. The monoisotopic (exact) mass is 440 g/mol. The van der Waals surface area contributed by atoms with Crippen LogP contribution in [0.3, 0.4) is 0 Å². The van der Waals surface area contributed by atoms with E-state index in [0.717, 1.165) is 58.5 Å². The summed E-state index contributed by atoms with van der Waals surface area (Å²) in [7, 11) is 1.72. The number of nitrogens with one attached hydrogen (secondary N) is 2. The zero-order valence-electron chi connectivity index (χ0n) is 17.8. The Bertz CT molecular complexity index is 759. The average molecular weight is 441 g/mol. The van der Waals surface area contributed by atoms with Crippen molar-refractivity contribution in [3.63, 3.8) is 0 Å². The number of likely N-dealkylation sites (tertiary alicyclic amines) is 1. The second-order valence-electron chi connectivity index (χ2n) is 8.70. The molecule has 172 valence electrons. The van der Waals surface area contributed by atoms with Crippen molar-refractivity contribution in [1.82, 2.24) is 15.5 Å². The molecule has 3 unspecified atom stereocenters. The first-order valence-electron chi connectivity index (χ1n) is 11.1. The molecule has 1 aromatic rings. The number of piperidine rings is 1. The van der Waals surface area contributed by atoms with Crippen LogP contribution in [0, 0.1) is 5.92 Å². The highest BCUT2D eigenvalue weighted by Crippen LogP contribution is 2.45. The van der Waals surface area contributed by atoms with Gasteiger partial charge in [-0.05, 0) is 43.2 Å². The molecule has 0 amide bonds. The van der Waals surface area contributed by atoms with Crippen molar-refractivity contribution < 1.29 is 22.6 Å². The summed E-state index contributed by atoms with van der Waals surface area (Å²) < 4.78 is 47.8. The molecular weight excluding hydrogens is 409 g/mol. The minimum Gasteiger partial charge on any atom is -0.405 e. The van der Waals surface area contributed by atoms with Gasteiger partial charge in [0.25, 0.3) is 0 Å². The van der Waals surface area contributed by atoms with Crippen LogP contribution in [0.25, 0.3) is 0 Å². The van der Waals surface area contributed by atoms with Crippen LogP contribution in [0.2, 0.25) is 0 Å². The number of ether oxygens (including phenoxy) is 2. The Kier molecular flexibility index (Phi) is 6.91. The molecule has 0 radical (unpaired) electrons. The number of benzene rings is 1. The molecule has 3 fully saturated rings. The van der Waals surface area contributed by atoms with Gasteiger partial charge in [0.1, 0.15) is 5.75 Å². The predicted molar refractivity (Wildman–Crippen MR) is 112 cm³/mol. The highest BCUT2D eigenvalue weighted by Gasteiger charge is 2.42. The Morgan fingerprint density at radius 2 is 1.97 bits per heavy atom. The molecule has 1 aliphatic carbocycles. The maximum absolute atomic E-state index is 12.7. The summed E-state index contributed by atoms with van der Waals surface area (Å²) in [5.41, 5.74) is 0.581. The van der Waals surface area contributed by atoms with E-state index in [4.69, 9.17) is 4.74 Å². The molecule has 2 saturated heterocycles. The third kappa shape index (κ3) is 6.26. The van der Waals surface area contributed by atoms with E-state index in [2.05, 4.69) is 25.3 Å². The number of para-hydroxylation sites is 1. The number of hydrogen-bond acceptors (Lipinski definition) is 4. The third-order valence-electron chi connectivity index (χ3n) is 6.35. The van der Waals surface area contributed by atoms with Crippen molar-refractivity contribution >= 4 is 5.96 Å². The molecule has 0 spiro atoms. The largest absolute Gasteiger partial charge is 0.573 e. The van der Waals surface area contributed by atoms with Gasteiger partial charge in [-0.1, -0.05) is 18.2 Å². The number of guanidine groups is 1. The number of alkyl halides is 3. The van der Waals surface area contributed by atoms with Gasteiger partial charge in [-0.25, -0.2) is 0 Å². The molecule has 3 aliphatic rings. The number of aliphatic imine (C=N–C) groups is 1. The van der Waals surface area contributed by atoms with Crippen LogP contribution in [0.1, 0.15) is 37.2 Å². The zero-order valence-corrected chi connectivity index (χ0v) is 17.8. The lowest BCUT2D eigenvalue weighted by Crippen LogP contribution is -2.49. The van der Waals surface area contributed by atoms with Gasteiger partial charge in [-0.3, -0.25) is 4.99 Å². The van der Waals surface area contributed by atoms with Crippen molar-refractivity contribution in [2.24, 2.45) is 10.9 Å². The molecule has 9 heteroatoms. The fourth-order valence-corrected chi connectivity index (χ4v) is 4.59. The Morgan fingerprint density at radius 1 is 1.19 bits per heavy atom. The predicted octanol–water partition coefficient (Wildman–Crippen LogP) is 3.11. The first-order chi connectivity index (χ1) is 14.9. The Hall–Kier alpha value is -2.00. The van der Waals surface area contributed by atoms with Crippen molar-refractivity contribution in [1.29, 1.82) is 0 Å². The van der Waals surface area contributed by atoms with Gasteiger partial charge in [-0.2, -0.15) is 0 Å². The van der Waals surface area contributed by atoms with E-state index in [9.17, 15) is 13.2 Å². The molecule has 0 aromatic heterocycles. The highest BCUT2D eigenvalue weighted by molar-refractivity contribution is 5.81. The highest BCUT2D eigenvalue weighted by atomic mass is 19.4. The molecule has 6 nitrogen and oxygen atoms in total. The third-order valence-corrected chi connectivity index (χ3v) is 6.35. The summed E-state index contributed by atoms with van der Waals surface area (Å²) in [6.07, 6.45) is -0.685. The fraction of sp³-hybridized carbons (Fsp3) is 0.682. The van der Waals surface area contributed by atoms with E-state index in [1.54, 1.807) is 25.2 Å². The summed E-state index contributed by atoms with van der Waals surface area (Å²) in [6.45, 7) is 5.00. The van der Waals surface area contributed by atoms with Gasteiger partial charge in [0.15, 0.2) is 5.96 Å². The van der Waals surface area contributed by atoms with Crippen molar-refractivity contribution in [2.45, 2.75) is 50.0 Å². The van der Waals surface area contributed by atoms with Crippen molar-refractivity contribution in [3.8, 4) is 5.75 Å². The lowest BCUT2D eigenvalue weighted by Gasteiger charge is -2.34. The second-order valence-corrected chi connectivity index (χ2v) is 8.70.